The average molecular weight is 268 g/mol. The zero-order valence-electron chi connectivity index (χ0n) is 13.8. The third-order valence-electron chi connectivity index (χ3n) is 4.76. The topological polar surface area (TPSA) is 15.3 Å². The van der Waals surface area contributed by atoms with E-state index in [1.165, 1.54) is 64.5 Å². The molecule has 0 aliphatic carbocycles. The number of hydrogen-bond acceptors (Lipinski definition) is 2. The van der Waals surface area contributed by atoms with Gasteiger partial charge < -0.3 is 5.32 Å². The van der Waals surface area contributed by atoms with Crippen LogP contribution in [0.15, 0.2) is 0 Å². The molecular formula is C17H36N2. The van der Waals surface area contributed by atoms with Crippen molar-refractivity contribution in [3.8, 4) is 0 Å². The fraction of sp³-hybridized carbons (Fsp3) is 1.00. The first kappa shape index (κ1) is 17.0. The molecule has 1 aliphatic heterocycles. The van der Waals surface area contributed by atoms with Crippen molar-refractivity contribution in [2.24, 2.45) is 0 Å². The molecule has 0 radical (unpaired) electrons. The maximum Gasteiger partial charge on any atom is 0.0306 e. The summed E-state index contributed by atoms with van der Waals surface area (Å²) in [6, 6.07) is 0.644. The van der Waals surface area contributed by atoms with Gasteiger partial charge >= 0.3 is 0 Å². The Morgan fingerprint density at radius 1 is 1.00 bits per heavy atom. The summed E-state index contributed by atoms with van der Waals surface area (Å²) in [6.45, 7) is 13.2. The highest BCUT2D eigenvalue weighted by atomic mass is 15.2. The van der Waals surface area contributed by atoms with Crippen LogP contribution in [0.5, 0.6) is 0 Å². The Morgan fingerprint density at radius 3 is 2.16 bits per heavy atom. The molecule has 1 heterocycles. The molecule has 0 aromatic heterocycles. The summed E-state index contributed by atoms with van der Waals surface area (Å²) in [4.78, 5) is 2.75. The van der Waals surface area contributed by atoms with Gasteiger partial charge in [0.2, 0.25) is 0 Å². The second kappa shape index (κ2) is 8.97. The third-order valence-corrected chi connectivity index (χ3v) is 4.76. The lowest BCUT2D eigenvalue weighted by atomic mass is 9.88. The molecular weight excluding hydrogens is 232 g/mol. The molecule has 0 bridgehead atoms. The predicted octanol–water partition coefficient (Wildman–Crippen LogP) is 4.20. The van der Waals surface area contributed by atoms with E-state index in [0.29, 0.717) is 11.6 Å². The maximum atomic E-state index is 3.82. The van der Waals surface area contributed by atoms with Gasteiger partial charge in [-0.3, -0.25) is 4.90 Å². The van der Waals surface area contributed by atoms with Crippen LogP contribution < -0.4 is 5.32 Å². The minimum atomic E-state index is 0.300. The minimum Gasteiger partial charge on any atom is -0.312 e. The van der Waals surface area contributed by atoms with E-state index in [9.17, 15) is 0 Å². The van der Waals surface area contributed by atoms with E-state index >= 15 is 0 Å². The average Bonchev–Trinajstić information content (AvgIpc) is 2.68. The first-order chi connectivity index (χ1) is 9.12. The van der Waals surface area contributed by atoms with E-state index < -0.39 is 0 Å². The van der Waals surface area contributed by atoms with Crippen LogP contribution in [-0.2, 0) is 0 Å². The summed E-state index contributed by atoms with van der Waals surface area (Å²) in [7, 11) is 0. The Hall–Kier alpha value is -0.0800. The van der Waals surface area contributed by atoms with E-state index in [1.807, 2.05) is 0 Å². The molecule has 0 aromatic carbocycles. The van der Waals surface area contributed by atoms with E-state index in [1.54, 1.807) is 0 Å². The highest BCUT2D eigenvalue weighted by Gasteiger charge is 2.34. The highest BCUT2D eigenvalue weighted by molar-refractivity contribution is 4.94. The van der Waals surface area contributed by atoms with Crippen molar-refractivity contribution < 1.29 is 0 Å². The number of nitrogens with zero attached hydrogens (tertiary/aromatic N) is 1. The Morgan fingerprint density at radius 2 is 1.63 bits per heavy atom. The van der Waals surface area contributed by atoms with E-state index in [0.717, 1.165) is 6.54 Å². The second-order valence-corrected chi connectivity index (χ2v) is 6.70. The summed E-state index contributed by atoms with van der Waals surface area (Å²) in [6.07, 6.45) is 10.8. The molecule has 1 unspecified atom stereocenters. The Bertz CT molecular complexity index is 209. The summed E-state index contributed by atoms with van der Waals surface area (Å²) in [5.74, 6) is 0. The number of rotatable bonds is 8. The predicted molar refractivity (Wildman–Crippen MR) is 85.7 cm³/mol. The molecule has 0 amide bonds. The van der Waals surface area contributed by atoms with Crippen LogP contribution in [0.4, 0.5) is 0 Å². The fourth-order valence-corrected chi connectivity index (χ4v) is 3.30. The molecule has 1 N–H and O–H groups in total. The van der Waals surface area contributed by atoms with Crippen LogP contribution in [0.25, 0.3) is 0 Å². The van der Waals surface area contributed by atoms with E-state index in [2.05, 4.69) is 37.9 Å². The standard InChI is InChI=1S/C17H36N2/c1-5-7-12-16(18-13-6-2)17(3,4)19-14-10-8-9-11-15-19/h16,18H,5-15H2,1-4H3. The van der Waals surface area contributed by atoms with Crippen molar-refractivity contribution in [2.45, 2.75) is 90.6 Å². The quantitative estimate of drug-likeness (QED) is 0.710. The first-order valence-electron chi connectivity index (χ1n) is 8.61. The fourth-order valence-electron chi connectivity index (χ4n) is 3.30. The molecule has 1 fully saturated rings. The second-order valence-electron chi connectivity index (χ2n) is 6.70. The van der Waals surface area contributed by atoms with Gasteiger partial charge in [0.25, 0.3) is 0 Å². The van der Waals surface area contributed by atoms with Crippen LogP contribution in [0.2, 0.25) is 0 Å². The van der Waals surface area contributed by atoms with Gasteiger partial charge in [-0.15, -0.1) is 0 Å². The summed E-state index contributed by atoms with van der Waals surface area (Å²) >= 11 is 0. The third kappa shape index (κ3) is 5.43. The van der Waals surface area contributed by atoms with Gasteiger partial charge in [0.05, 0.1) is 0 Å². The van der Waals surface area contributed by atoms with Crippen LogP contribution in [0.1, 0.15) is 79.1 Å². The van der Waals surface area contributed by atoms with Crippen molar-refractivity contribution >= 4 is 0 Å². The van der Waals surface area contributed by atoms with E-state index in [4.69, 9.17) is 0 Å². The zero-order valence-corrected chi connectivity index (χ0v) is 13.8. The van der Waals surface area contributed by atoms with Crippen molar-refractivity contribution in [1.82, 2.24) is 10.2 Å². The molecule has 2 heteroatoms. The molecule has 2 nitrogen and oxygen atoms in total. The lowest BCUT2D eigenvalue weighted by molar-refractivity contribution is 0.0791. The molecule has 1 atom stereocenters. The van der Waals surface area contributed by atoms with E-state index in [-0.39, 0.29) is 0 Å². The monoisotopic (exact) mass is 268 g/mol. The largest absolute Gasteiger partial charge is 0.312 e. The van der Waals surface area contributed by atoms with Gasteiger partial charge in [-0.05, 0) is 59.2 Å². The molecule has 114 valence electrons. The van der Waals surface area contributed by atoms with Gasteiger partial charge in [0.1, 0.15) is 0 Å². The van der Waals surface area contributed by atoms with Gasteiger partial charge in [-0.2, -0.15) is 0 Å². The maximum absolute atomic E-state index is 3.82. The smallest absolute Gasteiger partial charge is 0.0306 e. The molecule has 0 spiro atoms. The summed E-state index contributed by atoms with van der Waals surface area (Å²) in [5.41, 5.74) is 0.300. The van der Waals surface area contributed by atoms with Crippen molar-refractivity contribution in [3.63, 3.8) is 0 Å². The van der Waals surface area contributed by atoms with Crippen molar-refractivity contribution in [1.29, 1.82) is 0 Å². The van der Waals surface area contributed by atoms with Crippen LogP contribution >= 0.6 is 0 Å². The summed E-state index contributed by atoms with van der Waals surface area (Å²) in [5, 5.41) is 3.82. The summed E-state index contributed by atoms with van der Waals surface area (Å²) < 4.78 is 0. The number of likely N-dealkylation sites (tertiary alicyclic amines) is 1. The normalized spacial score (nSPS) is 20.2. The van der Waals surface area contributed by atoms with Crippen LogP contribution in [-0.4, -0.2) is 36.1 Å². The Labute approximate surface area is 121 Å². The molecule has 0 aromatic rings. The number of nitrogens with one attached hydrogen (secondary N) is 1. The number of unbranched alkanes of at least 4 members (excludes halogenated alkanes) is 1. The van der Waals surface area contributed by atoms with Crippen LogP contribution in [0, 0.1) is 0 Å². The SMILES string of the molecule is CCCCC(NCCC)C(C)(C)N1CCCCCC1. The molecule has 1 rings (SSSR count). The highest BCUT2D eigenvalue weighted by Crippen LogP contribution is 2.26. The lowest BCUT2D eigenvalue weighted by Gasteiger charge is -2.44. The first-order valence-corrected chi connectivity index (χ1v) is 8.61. The number of hydrogen-bond donors (Lipinski definition) is 1. The van der Waals surface area contributed by atoms with Gasteiger partial charge in [-0.1, -0.05) is 39.5 Å². The van der Waals surface area contributed by atoms with Crippen LogP contribution in [0.3, 0.4) is 0 Å². The van der Waals surface area contributed by atoms with Gasteiger partial charge in [0.15, 0.2) is 0 Å². The van der Waals surface area contributed by atoms with Crippen molar-refractivity contribution in [3.05, 3.63) is 0 Å². The molecule has 1 saturated heterocycles. The zero-order chi connectivity index (χ0) is 14.1. The molecule has 1 aliphatic rings. The molecule has 19 heavy (non-hydrogen) atoms. The van der Waals surface area contributed by atoms with Crippen molar-refractivity contribution in [2.75, 3.05) is 19.6 Å². The minimum absolute atomic E-state index is 0.300. The lowest BCUT2D eigenvalue weighted by Crippen LogP contribution is -2.58. The van der Waals surface area contributed by atoms with Gasteiger partial charge in [-0.25, -0.2) is 0 Å². The Kier molecular flexibility index (Phi) is 8.01. The Balaban J connectivity index is 2.64. The molecule has 0 saturated carbocycles. The van der Waals surface area contributed by atoms with Gasteiger partial charge in [0, 0.05) is 11.6 Å².